The SMILES string of the molecule is CO[C@@H]1[C@@H](n2cc(-c3cc(F)c(C#N)c(F)c3)nn2)[C@@H](O)[C@@H](CO)O[C@@H]1CC1CC(C2CCN(C(=O)OC(C)(C)C)CC2)=NO1. The Morgan fingerprint density at radius 2 is 1.89 bits per heavy atom. The Morgan fingerprint density at radius 3 is 2.49 bits per heavy atom. The van der Waals surface area contributed by atoms with Gasteiger partial charge in [-0.1, -0.05) is 10.4 Å². The van der Waals surface area contributed by atoms with Crippen LogP contribution < -0.4 is 0 Å². The number of methoxy groups -OCH3 is 1. The summed E-state index contributed by atoms with van der Waals surface area (Å²) in [5.41, 5.74) is -0.186. The number of halogens is 2. The van der Waals surface area contributed by atoms with E-state index in [9.17, 15) is 23.8 Å². The van der Waals surface area contributed by atoms with Crippen molar-refractivity contribution in [1.29, 1.82) is 5.26 Å². The van der Waals surface area contributed by atoms with Gasteiger partial charge in [-0.3, -0.25) is 0 Å². The summed E-state index contributed by atoms with van der Waals surface area (Å²) in [7, 11) is 1.46. The highest BCUT2D eigenvalue weighted by Crippen LogP contribution is 2.36. The summed E-state index contributed by atoms with van der Waals surface area (Å²) in [6.07, 6.45) is -0.573. The summed E-state index contributed by atoms with van der Waals surface area (Å²) in [4.78, 5) is 19.9. The third-order valence-corrected chi connectivity index (χ3v) is 8.37. The molecule has 3 aliphatic heterocycles. The van der Waals surface area contributed by atoms with Gasteiger partial charge in [0, 0.05) is 44.5 Å². The number of carbonyl (C=O) groups is 1. The molecule has 0 spiro atoms. The third kappa shape index (κ3) is 7.09. The number of aliphatic hydroxyl groups is 2. The number of aliphatic hydroxyl groups excluding tert-OH is 2. The van der Waals surface area contributed by atoms with Gasteiger partial charge >= 0.3 is 6.09 Å². The van der Waals surface area contributed by atoms with Crippen molar-refractivity contribution >= 4 is 11.8 Å². The van der Waals surface area contributed by atoms with Crippen molar-refractivity contribution in [2.75, 3.05) is 26.8 Å². The summed E-state index contributed by atoms with van der Waals surface area (Å²) < 4.78 is 47.2. The molecule has 15 heteroatoms. The minimum absolute atomic E-state index is 0.0574. The van der Waals surface area contributed by atoms with E-state index in [1.807, 2.05) is 20.8 Å². The predicted molar refractivity (Wildman–Crippen MR) is 154 cm³/mol. The van der Waals surface area contributed by atoms with E-state index >= 15 is 0 Å². The summed E-state index contributed by atoms with van der Waals surface area (Å²) in [5.74, 6) is -1.91. The number of nitriles is 1. The predicted octanol–water partition coefficient (Wildman–Crippen LogP) is 2.95. The molecule has 13 nitrogen and oxygen atoms in total. The summed E-state index contributed by atoms with van der Waals surface area (Å²) in [5, 5.41) is 42.6. The van der Waals surface area contributed by atoms with Crippen LogP contribution >= 0.6 is 0 Å². The van der Waals surface area contributed by atoms with Crippen LogP contribution in [0.2, 0.25) is 0 Å². The number of benzene rings is 1. The van der Waals surface area contributed by atoms with Crippen LogP contribution in [-0.2, 0) is 19.0 Å². The van der Waals surface area contributed by atoms with Gasteiger partial charge in [-0.25, -0.2) is 18.3 Å². The second-order valence-electron chi connectivity index (χ2n) is 12.6. The summed E-state index contributed by atoms with van der Waals surface area (Å²) in [6, 6.07) is 2.58. The number of likely N-dealkylation sites (tertiary alicyclic amines) is 1. The number of aromatic nitrogens is 3. The lowest BCUT2D eigenvalue weighted by molar-refractivity contribution is -0.219. The first kappa shape index (κ1) is 32.7. The van der Waals surface area contributed by atoms with E-state index in [4.69, 9.17) is 24.3 Å². The minimum Gasteiger partial charge on any atom is -0.444 e. The average molecular weight is 633 g/mol. The van der Waals surface area contributed by atoms with Crippen LogP contribution in [0.4, 0.5) is 13.6 Å². The maximum Gasteiger partial charge on any atom is 0.410 e. The van der Waals surface area contributed by atoms with Crippen molar-refractivity contribution < 1.29 is 42.8 Å². The van der Waals surface area contributed by atoms with Gasteiger partial charge in [0.15, 0.2) is 0 Å². The number of piperidine rings is 1. The number of rotatable bonds is 7. The monoisotopic (exact) mass is 632 g/mol. The molecule has 1 amide bonds. The molecule has 1 aromatic carbocycles. The first-order valence-electron chi connectivity index (χ1n) is 14.9. The Labute approximate surface area is 259 Å². The number of hydrogen-bond acceptors (Lipinski definition) is 11. The molecule has 0 radical (unpaired) electrons. The molecular weight excluding hydrogens is 594 g/mol. The standard InChI is InChI=1S/C30H38F2N6O7/c1-30(2,3)44-29(41)37-7-5-16(6-8-37)22-11-18(45-35-22)12-24-28(42-4)26(27(40)25(15-39)43-24)38-14-23(34-36-38)17-9-20(31)19(13-33)21(32)10-17/h9-10,14,16,18,24-28,39-40H,5-8,11-12,15H2,1-4H3/t18?,24-,25-,26+,27+,28+/m1/s1. The fourth-order valence-electron chi connectivity index (χ4n) is 6.14. The van der Waals surface area contributed by atoms with Crippen molar-refractivity contribution in [2.24, 2.45) is 11.1 Å². The molecule has 5 rings (SSSR count). The average Bonchev–Trinajstić information content (AvgIpc) is 3.67. The fraction of sp³-hybridized carbons (Fsp3) is 0.633. The van der Waals surface area contributed by atoms with E-state index in [1.165, 1.54) is 24.1 Å². The summed E-state index contributed by atoms with van der Waals surface area (Å²) >= 11 is 0. The molecule has 0 aliphatic carbocycles. The molecule has 0 saturated carbocycles. The van der Waals surface area contributed by atoms with Gasteiger partial charge in [0.25, 0.3) is 0 Å². The molecule has 3 aliphatic rings. The zero-order chi connectivity index (χ0) is 32.5. The van der Waals surface area contributed by atoms with Crippen molar-refractivity contribution in [2.45, 2.75) is 88.6 Å². The van der Waals surface area contributed by atoms with Crippen molar-refractivity contribution in [3.05, 3.63) is 35.5 Å². The van der Waals surface area contributed by atoms with Gasteiger partial charge in [0.05, 0.1) is 24.6 Å². The van der Waals surface area contributed by atoms with Gasteiger partial charge in [0.1, 0.15) is 65.0 Å². The van der Waals surface area contributed by atoms with Crippen LogP contribution in [0.5, 0.6) is 0 Å². The lowest BCUT2D eigenvalue weighted by Crippen LogP contribution is -2.57. The topological polar surface area (TPSA) is 165 Å². The number of amides is 1. The molecule has 6 atom stereocenters. The molecule has 2 saturated heterocycles. The molecule has 45 heavy (non-hydrogen) atoms. The zero-order valence-corrected chi connectivity index (χ0v) is 25.6. The highest BCUT2D eigenvalue weighted by molar-refractivity contribution is 5.88. The Bertz CT molecular complexity index is 1430. The lowest BCUT2D eigenvalue weighted by atomic mass is 9.86. The van der Waals surface area contributed by atoms with Crippen LogP contribution in [0, 0.1) is 28.9 Å². The molecule has 4 heterocycles. The van der Waals surface area contributed by atoms with Crippen LogP contribution in [0.1, 0.15) is 58.1 Å². The smallest absolute Gasteiger partial charge is 0.410 e. The van der Waals surface area contributed by atoms with E-state index in [2.05, 4.69) is 15.5 Å². The molecule has 1 aromatic heterocycles. The van der Waals surface area contributed by atoms with Gasteiger partial charge in [-0.05, 0) is 45.7 Å². The second-order valence-corrected chi connectivity index (χ2v) is 12.6. The van der Waals surface area contributed by atoms with Gasteiger partial charge < -0.3 is 34.2 Å². The lowest BCUT2D eigenvalue weighted by Gasteiger charge is -2.44. The van der Waals surface area contributed by atoms with Crippen LogP contribution in [0.25, 0.3) is 11.3 Å². The number of oxime groups is 1. The number of hydrogen-bond donors (Lipinski definition) is 2. The van der Waals surface area contributed by atoms with Crippen molar-refractivity contribution in [3.8, 4) is 17.3 Å². The normalized spacial score (nSPS) is 27.5. The third-order valence-electron chi connectivity index (χ3n) is 8.37. The second kappa shape index (κ2) is 13.3. The Morgan fingerprint density at radius 1 is 1.20 bits per heavy atom. The quantitative estimate of drug-likeness (QED) is 0.464. The largest absolute Gasteiger partial charge is 0.444 e. The number of ether oxygens (including phenoxy) is 3. The number of carbonyl (C=O) groups excluding carboxylic acids is 1. The first-order chi connectivity index (χ1) is 21.4. The summed E-state index contributed by atoms with van der Waals surface area (Å²) in [6.45, 7) is 6.14. The highest BCUT2D eigenvalue weighted by atomic mass is 19.1. The molecular formula is C30H38F2N6O7. The minimum atomic E-state index is -1.26. The fourth-order valence-corrected chi connectivity index (χ4v) is 6.14. The van der Waals surface area contributed by atoms with E-state index in [0.717, 1.165) is 30.7 Å². The van der Waals surface area contributed by atoms with Crippen molar-refractivity contribution in [3.63, 3.8) is 0 Å². The molecule has 2 fully saturated rings. The van der Waals surface area contributed by atoms with Crippen LogP contribution in [-0.4, -0.2) is 105 Å². The van der Waals surface area contributed by atoms with Gasteiger partial charge in [0.2, 0.25) is 0 Å². The molecule has 244 valence electrons. The first-order valence-corrected chi connectivity index (χ1v) is 14.9. The van der Waals surface area contributed by atoms with E-state index in [1.54, 1.807) is 4.90 Å². The van der Waals surface area contributed by atoms with Gasteiger partial charge in [-0.2, -0.15) is 5.26 Å². The Kier molecular flexibility index (Phi) is 9.68. The van der Waals surface area contributed by atoms with Crippen LogP contribution in [0.15, 0.2) is 23.5 Å². The zero-order valence-electron chi connectivity index (χ0n) is 25.6. The van der Waals surface area contributed by atoms with E-state index < -0.39 is 59.9 Å². The van der Waals surface area contributed by atoms with Crippen molar-refractivity contribution in [1.82, 2.24) is 19.9 Å². The maximum atomic E-state index is 14.3. The Hall–Kier alpha value is -3.71. The molecule has 2 N–H and O–H groups in total. The maximum absolute atomic E-state index is 14.3. The van der Waals surface area contributed by atoms with E-state index in [-0.39, 0.29) is 29.4 Å². The highest BCUT2D eigenvalue weighted by Gasteiger charge is 2.48. The van der Waals surface area contributed by atoms with Gasteiger partial charge in [-0.15, -0.1) is 5.10 Å². The van der Waals surface area contributed by atoms with Crippen LogP contribution in [0.3, 0.4) is 0 Å². The molecule has 1 unspecified atom stereocenters. The molecule has 0 bridgehead atoms. The number of nitrogens with zero attached hydrogens (tertiary/aromatic N) is 6. The molecule has 2 aromatic rings. The Balaban J connectivity index is 1.25. The van der Waals surface area contributed by atoms with E-state index in [0.29, 0.717) is 25.9 Å².